The topological polar surface area (TPSA) is 50.4 Å². The Balaban J connectivity index is 0.00000288. The Labute approximate surface area is 153 Å². The van der Waals surface area contributed by atoms with Crippen LogP contribution < -0.4 is 15.4 Å². The second kappa shape index (κ2) is 10.2. The van der Waals surface area contributed by atoms with Gasteiger partial charge < -0.3 is 15.4 Å². The number of ether oxygens (including phenoxy) is 1. The van der Waals surface area contributed by atoms with Gasteiger partial charge in [-0.25, -0.2) is 0 Å². The van der Waals surface area contributed by atoms with Crippen LogP contribution in [0.1, 0.15) is 6.92 Å². The fraction of sp³-hybridized carbons (Fsp3) is 0.278. The van der Waals surface area contributed by atoms with E-state index in [1.54, 1.807) is 18.9 Å². The maximum absolute atomic E-state index is 12.0. The Morgan fingerprint density at radius 2 is 1.62 bits per heavy atom. The first-order valence-corrected chi connectivity index (χ1v) is 8.31. The number of hydrogen-bond acceptors (Lipinski definition) is 4. The van der Waals surface area contributed by atoms with Crippen LogP contribution in [0.5, 0.6) is 5.75 Å². The molecule has 0 radical (unpaired) electrons. The highest BCUT2D eigenvalue weighted by Crippen LogP contribution is 2.29. The van der Waals surface area contributed by atoms with Crippen molar-refractivity contribution in [2.75, 3.05) is 26.0 Å². The first-order valence-electron chi connectivity index (χ1n) is 7.50. The standard InChI is InChI=1S/C18H22N2O2S.ClH/c1-13(12-19-2)18(21)20-14-4-8-16(9-5-14)23-17-10-6-15(22-3)7-11-17;/h4-11,13,19H,12H2,1-3H3,(H,20,21);1H. The summed E-state index contributed by atoms with van der Waals surface area (Å²) in [5.41, 5.74) is 0.817. The molecule has 0 bridgehead atoms. The number of halogens is 1. The Morgan fingerprint density at radius 1 is 1.08 bits per heavy atom. The molecule has 0 saturated heterocycles. The summed E-state index contributed by atoms with van der Waals surface area (Å²) in [5, 5.41) is 5.93. The molecule has 24 heavy (non-hydrogen) atoms. The average molecular weight is 367 g/mol. The highest BCUT2D eigenvalue weighted by Gasteiger charge is 2.11. The predicted molar refractivity (Wildman–Crippen MR) is 103 cm³/mol. The van der Waals surface area contributed by atoms with E-state index in [2.05, 4.69) is 10.6 Å². The second-order valence-corrected chi connectivity index (χ2v) is 6.40. The summed E-state index contributed by atoms with van der Waals surface area (Å²) >= 11 is 1.67. The number of nitrogens with one attached hydrogen (secondary N) is 2. The summed E-state index contributed by atoms with van der Waals surface area (Å²) in [5.74, 6) is 0.811. The highest BCUT2D eigenvalue weighted by molar-refractivity contribution is 7.99. The molecule has 0 heterocycles. The van der Waals surface area contributed by atoms with Crippen molar-refractivity contribution in [2.24, 2.45) is 5.92 Å². The summed E-state index contributed by atoms with van der Waals surface area (Å²) in [6.07, 6.45) is 0. The first-order chi connectivity index (χ1) is 11.1. The van der Waals surface area contributed by atoms with Crippen molar-refractivity contribution in [1.29, 1.82) is 0 Å². The second-order valence-electron chi connectivity index (χ2n) is 5.25. The monoisotopic (exact) mass is 366 g/mol. The van der Waals surface area contributed by atoms with Gasteiger partial charge in [0.15, 0.2) is 0 Å². The lowest BCUT2D eigenvalue weighted by molar-refractivity contribution is -0.119. The molecular weight excluding hydrogens is 344 g/mol. The normalized spacial score (nSPS) is 11.3. The molecule has 0 aliphatic heterocycles. The van der Waals surface area contributed by atoms with Crippen LogP contribution in [0.25, 0.3) is 0 Å². The van der Waals surface area contributed by atoms with Gasteiger partial charge in [-0.2, -0.15) is 0 Å². The quantitative estimate of drug-likeness (QED) is 0.775. The van der Waals surface area contributed by atoms with Crippen LogP contribution in [0, 0.1) is 5.92 Å². The van der Waals surface area contributed by atoms with Gasteiger partial charge in [0.1, 0.15) is 5.75 Å². The van der Waals surface area contributed by atoms with Gasteiger partial charge in [-0.15, -0.1) is 12.4 Å². The summed E-state index contributed by atoms with van der Waals surface area (Å²) < 4.78 is 5.15. The lowest BCUT2D eigenvalue weighted by Crippen LogP contribution is -2.28. The Hall–Kier alpha value is -1.69. The Morgan fingerprint density at radius 3 is 2.12 bits per heavy atom. The van der Waals surface area contributed by atoms with Crippen molar-refractivity contribution in [3.8, 4) is 5.75 Å². The van der Waals surface area contributed by atoms with Gasteiger partial charge in [-0.3, -0.25) is 4.79 Å². The summed E-state index contributed by atoms with van der Waals surface area (Å²) in [7, 11) is 3.50. The molecule has 4 nitrogen and oxygen atoms in total. The maximum Gasteiger partial charge on any atom is 0.228 e. The lowest BCUT2D eigenvalue weighted by atomic mass is 10.1. The molecule has 2 N–H and O–H groups in total. The van der Waals surface area contributed by atoms with E-state index in [0.29, 0.717) is 6.54 Å². The highest BCUT2D eigenvalue weighted by atomic mass is 35.5. The van der Waals surface area contributed by atoms with E-state index in [4.69, 9.17) is 4.74 Å². The number of amides is 1. The third-order valence-electron chi connectivity index (χ3n) is 3.37. The van der Waals surface area contributed by atoms with Crippen molar-refractivity contribution >= 4 is 35.8 Å². The Kier molecular flexibility index (Phi) is 8.68. The van der Waals surface area contributed by atoms with E-state index in [9.17, 15) is 4.79 Å². The van der Waals surface area contributed by atoms with Crippen molar-refractivity contribution < 1.29 is 9.53 Å². The van der Waals surface area contributed by atoms with Gasteiger partial charge in [0.05, 0.1) is 7.11 Å². The molecule has 0 aromatic heterocycles. The third-order valence-corrected chi connectivity index (χ3v) is 4.39. The first kappa shape index (κ1) is 20.4. The lowest BCUT2D eigenvalue weighted by Gasteiger charge is -2.12. The number of carbonyl (C=O) groups excluding carboxylic acids is 1. The predicted octanol–water partition coefficient (Wildman–Crippen LogP) is 4.06. The fourth-order valence-corrected chi connectivity index (χ4v) is 2.87. The van der Waals surface area contributed by atoms with E-state index < -0.39 is 0 Å². The number of rotatable bonds is 7. The molecule has 1 atom stereocenters. The number of methoxy groups -OCH3 is 1. The van der Waals surface area contributed by atoms with Crippen LogP contribution in [0.4, 0.5) is 5.69 Å². The van der Waals surface area contributed by atoms with Gasteiger partial charge in [-0.1, -0.05) is 18.7 Å². The van der Waals surface area contributed by atoms with Gasteiger partial charge in [0, 0.05) is 27.9 Å². The van der Waals surface area contributed by atoms with Crippen molar-refractivity contribution in [1.82, 2.24) is 5.32 Å². The minimum Gasteiger partial charge on any atom is -0.497 e. The number of anilines is 1. The molecule has 2 aromatic rings. The minimum absolute atomic E-state index is 0. The molecule has 6 heteroatoms. The maximum atomic E-state index is 12.0. The summed E-state index contributed by atoms with van der Waals surface area (Å²) in [6, 6.07) is 15.8. The number of benzene rings is 2. The zero-order valence-electron chi connectivity index (χ0n) is 14.0. The van der Waals surface area contributed by atoms with E-state index in [1.165, 1.54) is 0 Å². The zero-order valence-corrected chi connectivity index (χ0v) is 15.7. The smallest absolute Gasteiger partial charge is 0.228 e. The van der Waals surface area contributed by atoms with Crippen LogP contribution >= 0.6 is 24.2 Å². The van der Waals surface area contributed by atoms with Crippen LogP contribution in [-0.4, -0.2) is 26.6 Å². The molecular formula is C18H23ClN2O2S. The minimum atomic E-state index is -0.0617. The van der Waals surface area contributed by atoms with Gasteiger partial charge >= 0.3 is 0 Å². The third kappa shape index (κ3) is 6.07. The van der Waals surface area contributed by atoms with E-state index in [1.807, 2.05) is 62.5 Å². The molecule has 2 rings (SSSR count). The molecule has 0 saturated carbocycles. The molecule has 130 valence electrons. The molecule has 2 aromatic carbocycles. The Bertz CT molecular complexity index is 632. The van der Waals surface area contributed by atoms with Crippen LogP contribution in [0.3, 0.4) is 0 Å². The molecule has 1 amide bonds. The van der Waals surface area contributed by atoms with E-state index in [-0.39, 0.29) is 24.2 Å². The summed E-state index contributed by atoms with van der Waals surface area (Å²) in [4.78, 5) is 14.2. The number of carbonyl (C=O) groups is 1. The molecule has 1 unspecified atom stereocenters. The molecule has 0 aliphatic carbocycles. The van der Waals surface area contributed by atoms with E-state index >= 15 is 0 Å². The van der Waals surface area contributed by atoms with Crippen molar-refractivity contribution in [3.05, 3.63) is 48.5 Å². The van der Waals surface area contributed by atoms with Crippen molar-refractivity contribution in [2.45, 2.75) is 16.7 Å². The largest absolute Gasteiger partial charge is 0.497 e. The van der Waals surface area contributed by atoms with Crippen LogP contribution in [0.2, 0.25) is 0 Å². The van der Waals surface area contributed by atoms with Crippen LogP contribution in [-0.2, 0) is 4.79 Å². The van der Waals surface area contributed by atoms with Crippen LogP contribution in [0.15, 0.2) is 58.3 Å². The van der Waals surface area contributed by atoms with Crippen molar-refractivity contribution in [3.63, 3.8) is 0 Å². The van der Waals surface area contributed by atoms with Gasteiger partial charge in [0.2, 0.25) is 5.91 Å². The SMILES string of the molecule is CNCC(C)C(=O)Nc1ccc(Sc2ccc(OC)cc2)cc1.Cl. The van der Waals surface area contributed by atoms with Gasteiger partial charge in [0.25, 0.3) is 0 Å². The summed E-state index contributed by atoms with van der Waals surface area (Å²) in [6.45, 7) is 2.57. The fourth-order valence-electron chi connectivity index (χ4n) is 2.05. The van der Waals surface area contributed by atoms with E-state index in [0.717, 1.165) is 21.2 Å². The zero-order chi connectivity index (χ0) is 16.7. The molecule has 0 aliphatic rings. The number of hydrogen-bond donors (Lipinski definition) is 2. The average Bonchev–Trinajstić information content (AvgIpc) is 2.57. The van der Waals surface area contributed by atoms with Gasteiger partial charge in [-0.05, 0) is 55.6 Å². The molecule has 0 fully saturated rings. The molecule has 0 spiro atoms.